The van der Waals surface area contributed by atoms with Crippen LogP contribution in [0, 0.1) is 12.3 Å². The Morgan fingerprint density at radius 3 is 2.96 bits per heavy atom. The predicted molar refractivity (Wildman–Crippen MR) is 102 cm³/mol. The van der Waals surface area contributed by atoms with Crippen LogP contribution >= 0.6 is 0 Å². The number of nitrogens with zero attached hydrogens (tertiary/aromatic N) is 5. The number of pyridine rings is 1. The fraction of sp³-hybridized carbons (Fsp3) is 0.550. The molecule has 28 heavy (non-hydrogen) atoms. The number of hydrogen-bond acceptors (Lipinski definition) is 5. The molecule has 2 saturated heterocycles. The molecule has 0 saturated carbocycles. The van der Waals surface area contributed by atoms with Crippen LogP contribution in [0.5, 0.6) is 0 Å². The first-order valence-electron chi connectivity index (χ1n) is 9.90. The standard InChI is InChI=1S/C20H26N6O2/c1-15-22-17(24-23-15)5-6-18(27)26-11-8-20(14-26)7-3-10-25(19(20)28)13-16-4-2-9-21-12-16/h2,4,9,12H,3,5-8,10-11,13-14H2,1H3,(H,22,23,24)/t20-/m1/s1. The summed E-state index contributed by atoms with van der Waals surface area (Å²) in [6.45, 7) is 4.38. The van der Waals surface area contributed by atoms with E-state index < -0.39 is 5.41 Å². The number of hydrogen-bond donors (Lipinski definition) is 1. The van der Waals surface area contributed by atoms with E-state index in [1.807, 2.05) is 35.1 Å². The van der Waals surface area contributed by atoms with Gasteiger partial charge in [0.05, 0.1) is 5.41 Å². The Labute approximate surface area is 164 Å². The molecular weight excluding hydrogens is 356 g/mol. The molecule has 148 valence electrons. The number of aromatic nitrogens is 4. The Morgan fingerprint density at radius 1 is 1.32 bits per heavy atom. The number of aromatic amines is 1. The lowest BCUT2D eigenvalue weighted by molar-refractivity contribution is -0.146. The number of aryl methyl sites for hydroxylation is 2. The summed E-state index contributed by atoms with van der Waals surface area (Å²) < 4.78 is 0. The van der Waals surface area contributed by atoms with Crippen LogP contribution in [0.3, 0.4) is 0 Å². The zero-order valence-electron chi connectivity index (χ0n) is 16.2. The van der Waals surface area contributed by atoms with E-state index in [9.17, 15) is 9.59 Å². The molecule has 4 rings (SSSR count). The van der Waals surface area contributed by atoms with Gasteiger partial charge in [-0.15, -0.1) is 0 Å². The van der Waals surface area contributed by atoms with Crippen molar-refractivity contribution in [2.45, 2.75) is 45.6 Å². The van der Waals surface area contributed by atoms with Gasteiger partial charge in [-0.2, -0.15) is 5.10 Å². The topological polar surface area (TPSA) is 95.1 Å². The fourth-order valence-corrected chi connectivity index (χ4v) is 4.36. The van der Waals surface area contributed by atoms with Gasteiger partial charge in [0.15, 0.2) is 5.82 Å². The van der Waals surface area contributed by atoms with Crippen LogP contribution in [-0.4, -0.2) is 61.4 Å². The average molecular weight is 382 g/mol. The second-order valence-corrected chi connectivity index (χ2v) is 7.87. The van der Waals surface area contributed by atoms with E-state index in [4.69, 9.17) is 0 Å². The fourth-order valence-electron chi connectivity index (χ4n) is 4.36. The molecule has 0 aromatic carbocycles. The smallest absolute Gasteiger partial charge is 0.230 e. The monoisotopic (exact) mass is 382 g/mol. The second-order valence-electron chi connectivity index (χ2n) is 7.87. The molecule has 1 atom stereocenters. The van der Waals surface area contributed by atoms with Crippen LogP contribution in [0.1, 0.15) is 42.9 Å². The minimum Gasteiger partial charge on any atom is -0.342 e. The van der Waals surface area contributed by atoms with Gasteiger partial charge in [0.2, 0.25) is 11.8 Å². The summed E-state index contributed by atoms with van der Waals surface area (Å²) in [6.07, 6.45) is 7.03. The largest absolute Gasteiger partial charge is 0.342 e. The number of amides is 2. The maximum Gasteiger partial charge on any atom is 0.230 e. The zero-order valence-corrected chi connectivity index (χ0v) is 16.2. The molecule has 0 aliphatic carbocycles. The SMILES string of the molecule is Cc1nc(CCC(=O)N2CC[C@]3(CCCN(Cc4cccnc4)C3=O)C2)n[nH]1. The van der Waals surface area contributed by atoms with Gasteiger partial charge in [-0.1, -0.05) is 6.07 Å². The number of carbonyl (C=O) groups excluding carboxylic acids is 2. The minimum absolute atomic E-state index is 0.0801. The summed E-state index contributed by atoms with van der Waals surface area (Å²) in [7, 11) is 0. The van der Waals surface area contributed by atoms with Crippen molar-refractivity contribution in [1.82, 2.24) is 30.0 Å². The average Bonchev–Trinajstić information content (AvgIpc) is 3.32. The van der Waals surface area contributed by atoms with E-state index in [1.165, 1.54) is 0 Å². The highest BCUT2D eigenvalue weighted by Crippen LogP contribution is 2.40. The third-order valence-corrected chi connectivity index (χ3v) is 5.83. The molecule has 1 N–H and O–H groups in total. The zero-order chi connectivity index (χ0) is 19.6. The molecule has 2 aromatic rings. The summed E-state index contributed by atoms with van der Waals surface area (Å²) in [5.41, 5.74) is 0.623. The number of carbonyl (C=O) groups is 2. The first-order chi connectivity index (χ1) is 13.6. The Hall–Kier alpha value is -2.77. The quantitative estimate of drug-likeness (QED) is 0.845. The number of rotatable bonds is 5. The molecule has 2 aromatic heterocycles. The van der Waals surface area contributed by atoms with Gasteiger partial charge in [-0.05, 0) is 37.8 Å². The van der Waals surface area contributed by atoms with Crippen molar-refractivity contribution in [2.75, 3.05) is 19.6 Å². The van der Waals surface area contributed by atoms with Crippen molar-refractivity contribution in [2.24, 2.45) is 5.41 Å². The van der Waals surface area contributed by atoms with Gasteiger partial charge in [0.1, 0.15) is 5.82 Å². The molecule has 2 fully saturated rings. The third kappa shape index (κ3) is 3.76. The summed E-state index contributed by atoms with van der Waals surface area (Å²) in [5, 5.41) is 6.89. The van der Waals surface area contributed by atoms with E-state index in [0.29, 0.717) is 38.3 Å². The maximum atomic E-state index is 13.2. The van der Waals surface area contributed by atoms with E-state index in [0.717, 1.165) is 37.2 Å². The minimum atomic E-state index is -0.419. The summed E-state index contributed by atoms with van der Waals surface area (Å²) >= 11 is 0. The molecule has 0 unspecified atom stereocenters. The van der Waals surface area contributed by atoms with Crippen LogP contribution in [0.2, 0.25) is 0 Å². The van der Waals surface area contributed by atoms with E-state index in [1.54, 1.807) is 6.20 Å². The van der Waals surface area contributed by atoms with Crippen LogP contribution in [0.25, 0.3) is 0 Å². The van der Waals surface area contributed by atoms with E-state index in [2.05, 4.69) is 20.2 Å². The molecule has 4 heterocycles. The van der Waals surface area contributed by atoms with Gasteiger partial charge in [-0.25, -0.2) is 4.98 Å². The Balaban J connectivity index is 1.37. The summed E-state index contributed by atoms with van der Waals surface area (Å²) in [4.78, 5) is 38.1. The molecule has 2 amide bonds. The van der Waals surface area contributed by atoms with E-state index >= 15 is 0 Å². The lowest BCUT2D eigenvalue weighted by atomic mass is 9.78. The second kappa shape index (κ2) is 7.69. The third-order valence-electron chi connectivity index (χ3n) is 5.83. The van der Waals surface area contributed by atoms with Crippen LogP contribution in [0.15, 0.2) is 24.5 Å². The molecular formula is C20H26N6O2. The van der Waals surface area contributed by atoms with Gasteiger partial charge in [0.25, 0.3) is 0 Å². The van der Waals surface area contributed by atoms with Crippen LogP contribution < -0.4 is 0 Å². The molecule has 8 heteroatoms. The first kappa shape index (κ1) is 18.6. The maximum absolute atomic E-state index is 13.2. The van der Waals surface area contributed by atoms with E-state index in [-0.39, 0.29) is 11.8 Å². The lowest BCUT2D eigenvalue weighted by Gasteiger charge is -2.39. The number of H-pyrrole nitrogens is 1. The number of piperidine rings is 1. The number of nitrogens with one attached hydrogen (secondary N) is 1. The molecule has 2 aliphatic rings. The van der Waals surface area contributed by atoms with Crippen LogP contribution in [0.4, 0.5) is 0 Å². The van der Waals surface area contributed by atoms with Gasteiger partial charge < -0.3 is 9.80 Å². The van der Waals surface area contributed by atoms with Gasteiger partial charge in [0, 0.05) is 51.4 Å². The highest BCUT2D eigenvalue weighted by molar-refractivity contribution is 5.86. The Bertz CT molecular complexity index is 851. The number of likely N-dealkylation sites (tertiary alicyclic amines) is 2. The molecule has 0 radical (unpaired) electrons. The van der Waals surface area contributed by atoms with Crippen molar-refractivity contribution in [3.63, 3.8) is 0 Å². The Kier molecular flexibility index (Phi) is 5.11. The lowest BCUT2D eigenvalue weighted by Crippen LogP contribution is -2.50. The van der Waals surface area contributed by atoms with Gasteiger partial charge >= 0.3 is 0 Å². The molecule has 8 nitrogen and oxygen atoms in total. The normalized spacial score (nSPS) is 22.2. The van der Waals surface area contributed by atoms with Crippen molar-refractivity contribution < 1.29 is 9.59 Å². The predicted octanol–water partition coefficient (Wildman–Crippen LogP) is 1.48. The van der Waals surface area contributed by atoms with Crippen LogP contribution in [-0.2, 0) is 22.6 Å². The van der Waals surface area contributed by atoms with Crippen molar-refractivity contribution in [1.29, 1.82) is 0 Å². The van der Waals surface area contributed by atoms with Crippen molar-refractivity contribution in [3.05, 3.63) is 41.7 Å². The highest BCUT2D eigenvalue weighted by atomic mass is 16.2. The van der Waals surface area contributed by atoms with Crippen molar-refractivity contribution in [3.8, 4) is 0 Å². The first-order valence-corrected chi connectivity index (χ1v) is 9.90. The summed E-state index contributed by atoms with van der Waals surface area (Å²) in [6, 6.07) is 3.89. The van der Waals surface area contributed by atoms with Crippen molar-refractivity contribution >= 4 is 11.8 Å². The molecule has 0 bridgehead atoms. The Morgan fingerprint density at radius 2 is 2.21 bits per heavy atom. The highest BCUT2D eigenvalue weighted by Gasteiger charge is 2.49. The molecule has 1 spiro atoms. The summed E-state index contributed by atoms with van der Waals surface area (Å²) in [5.74, 6) is 1.68. The molecule has 2 aliphatic heterocycles. The van der Waals surface area contributed by atoms with Gasteiger partial charge in [-0.3, -0.25) is 19.7 Å².